The molecule has 1 fully saturated rings. The number of carboxylic acid groups (broad SMARTS) is 1. The van der Waals surface area contributed by atoms with Gasteiger partial charge in [0.15, 0.2) is 0 Å². The van der Waals surface area contributed by atoms with Crippen molar-refractivity contribution in [2.24, 2.45) is 0 Å². The lowest BCUT2D eigenvalue weighted by Gasteiger charge is -2.48. The van der Waals surface area contributed by atoms with E-state index in [2.05, 4.69) is 5.32 Å². The third-order valence-corrected chi connectivity index (χ3v) is 8.85. The molecule has 1 aliphatic heterocycles. The first-order valence-electron chi connectivity index (χ1n) is 14.0. The molecule has 0 saturated heterocycles. The second kappa shape index (κ2) is 12.6. The summed E-state index contributed by atoms with van der Waals surface area (Å²) in [5.74, 6) is -7.78. The van der Waals surface area contributed by atoms with Gasteiger partial charge in [-0.1, -0.05) is 84.6 Å². The van der Waals surface area contributed by atoms with Crippen LogP contribution in [-0.4, -0.2) is 51.6 Å². The largest absolute Gasteiger partial charge is 0.477 e. The molecule has 2 aliphatic rings. The van der Waals surface area contributed by atoms with E-state index in [4.69, 9.17) is 28.3 Å². The number of nitrogens with zero attached hydrogens (tertiary/aromatic N) is 1. The molecule has 2 amide bonds. The molecule has 1 heterocycles. The molecule has 226 valence electrons. The van der Waals surface area contributed by atoms with E-state index in [9.17, 15) is 28.3 Å². The number of halogens is 4. The minimum Gasteiger partial charge on any atom is -0.477 e. The third-order valence-electron chi connectivity index (χ3n) is 8.29. The SMILES string of the molecule is O=C(NCCc1ccc(C(F)(F)C(=O)O)cc1)[C@@H]1c2ccccc2C(=O)N([C@H]2CCCCC2O)[C@H]1c1ccc(Cl)cc1Cl. The molecule has 0 bridgehead atoms. The number of carbonyl (C=O) groups is 3. The molecular weight excluding hydrogens is 601 g/mol. The Morgan fingerprint density at radius 1 is 0.977 bits per heavy atom. The summed E-state index contributed by atoms with van der Waals surface area (Å²) < 4.78 is 27.6. The van der Waals surface area contributed by atoms with Crippen molar-refractivity contribution in [3.05, 3.63) is 105 Å². The highest BCUT2D eigenvalue weighted by Gasteiger charge is 2.49. The number of benzene rings is 3. The molecular formula is C32H30Cl2F2N2O5. The van der Waals surface area contributed by atoms with E-state index in [-0.39, 0.29) is 29.8 Å². The Balaban J connectivity index is 1.47. The fourth-order valence-corrected chi connectivity index (χ4v) is 6.65. The number of rotatable bonds is 8. The zero-order chi connectivity index (χ0) is 30.9. The van der Waals surface area contributed by atoms with Crippen LogP contribution in [0.15, 0.2) is 66.7 Å². The predicted molar refractivity (Wildman–Crippen MR) is 158 cm³/mol. The lowest BCUT2D eigenvalue weighted by atomic mass is 9.76. The Hall–Kier alpha value is -3.53. The van der Waals surface area contributed by atoms with Crippen LogP contribution < -0.4 is 5.32 Å². The van der Waals surface area contributed by atoms with Crippen LogP contribution in [0.1, 0.15) is 70.3 Å². The molecule has 0 aromatic heterocycles. The van der Waals surface area contributed by atoms with Crippen LogP contribution in [-0.2, 0) is 21.9 Å². The van der Waals surface area contributed by atoms with Gasteiger partial charge in [-0.15, -0.1) is 0 Å². The number of aliphatic hydroxyl groups excluding tert-OH is 1. The minimum absolute atomic E-state index is 0.146. The third kappa shape index (κ3) is 6.12. The normalized spacial score (nSPS) is 22.2. The summed E-state index contributed by atoms with van der Waals surface area (Å²) in [6.07, 6.45) is 2.28. The summed E-state index contributed by atoms with van der Waals surface area (Å²) in [6.45, 7) is 0.146. The molecule has 3 aromatic carbocycles. The summed E-state index contributed by atoms with van der Waals surface area (Å²) in [6, 6.07) is 15.4. The minimum atomic E-state index is -4.01. The van der Waals surface area contributed by atoms with E-state index in [1.165, 1.54) is 12.1 Å². The highest BCUT2D eigenvalue weighted by molar-refractivity contribution is 6.35. The van der Waals surface area contributed by atoms with Gasteiger partial charge in [-0.25, -0.2) is 4.79 Å². The van der Waals surface area contributed by atoms with Gasteiger partial charge in [-0.05, 0) is 54.2 Å². The van der Waals surface area contributed by atoms with Crippen LogP contribution in [0, 0.1) is 0 Å². The van der Waals surface area contributed by atoms with E-state index in [1.807, 2.05) is 0 Å². The van der Waals surface area contributed by atoms with Gasteiger partial charge in [0.05, 0.1) is 24.1 Å². The fourth-order valence-electron chi connectivity index (χ4n) is 6.13. The van der Waals surface area contributed by atoms with Crippen molar-refractivity contribution in [3.8, 4) is 0 Å². The quantitative estimate of drug-likeness (QED) is 0.278. The first kappa shape index (κ1) is 30.9. The van der Waals surface area contributed by atoms with Crippen LogP contribution in [0.5, 0.6) is 0 Å². The number of carbonyl (C=O) groups excluding carboxylic acids is 2. The molecule has 0 spiro atoms. The van der Waals surface area contributed by atoms with Gasteiger partial charge in [0.25, 0.3) is 5.91 Å². The molecule has 43 heavy (non-hydrogen) atoms. The number of hydrogen-bond donors (Lipinski definition) is 3. The molecule has 4 atom stereocenters. The van der Waals surface area contributed by atoms with Gasteiger partial charge < -0.3 is 20.4 Å². The molecule has 1 unspecified atom stereocenters. The van der Waals surface area contributed by atoms with Crippen LogP contribution in [0.3, 0.4) is 0 Å². The van der Waals surface area contributed by atoms with Gasteiger partial charge in [0, 0.05) is 27.7 Å². The number of carboxylic acids is 1. The lowest BCUT2D eigenvalue weighted by Crippen LogP contribution is -2.55. The van der Waals surface area contributed by atoms with Gasteiger partial charge in [0.1, 0.15) is 0 Å². The summed E-state index contributed by atoms with van der Waals surface area (Å²) in [5.41, 5.74) is 1.42. The number of fused-ring (bicyclic) bond motifs is 1. The second-order valence-corrected chi connectivity index (χ2v) is 11.8. The summed E-state index contributed by atoms with van der Waals surface area (Å²) in [7, 11) is 0. The van der Waals surface area contributed by atoms with Crippen LogP contribution >= 0.6 is 23.2 Å². The smallest absolute Gasteiger partial charge is 0.379 e. The van der Waals surface area contributed by atoms with Crippen molar-refractivity contribution in [3.63, 3.8) is 0 Å². The Labute approximate surface area is 257 Å². The number of hydrogen-bond acceptors (Lipinski definition) is 4. The monoisotopic (exact) mass is 630 g/mol. The van der Waals surface area contributed by atoms with Crippen molar-refractivity contribution in [2.45, 2.75) is 62.1 Å². The molecule has 11 heteroatoms. The molecule has 0 radical (unpaired) electrons. The highest BCUT2D eigenvalue weighted by atomic mass is 35.5. The molecule has 3 N–H and O–H groups in total. The number of nitrogens with one attached hydrogen (secondary N) is 1. The Kier molecular flexibility index (Phi) is 9.06. The van der Waals surface area contributed by atoms with Crippen molar-refractivity contribution in [1.29, 1.82) is 0 Å². The van der Waals surface area contributed by atoms with Crippen molar-refractivity contribution in [1.82, 2.24) is 10.2 Å². The number of aliphatic carboxylic acids is 1. The first-order chi connectivity index (χ1) is 20.5. The van der Waals surface area contributed by atoms with E-state index >= 15 is 0 Å². The molecule has 1 saturated carbocycles. The van der Waals surface area contributed by atoms with Gasteiger partial charge >= 0.3 is 11.9 Å². The molecule has 7 nitrogen and oxygen atoms in total. The van der Waals surface area contributed by atoms with E-state index in [1.54, 1.807) is 47.4 Å². The van der Waals surface area contributed by atoms with Crippen molar-refractivity contribution < 1.29 is 33.4 Å². The summed E-state index contributed by atoms with van der Waals surface area (Å²) in [4.78, 5) is 40.6. The van der Waals surface area contributed by atoms with E-state index in [0.29, 0.717) is 40.1 Å². The van der Waals surface area contributed by atoms with Crippen LogP contribution in [0.25, 0.3) is 0 Å². The fraction of sp³-hybridized carbons (Fsp3) is 0.344. The average Bonchev–Trinajstić information content (AvgIpc) is 2.98. The molecule has 1 aliphatic carbocycles. The Morgan fingerprint density at radius 3 is 2.35 bits per heavy atom. The topological polar surface area (TPSA) is 107 Å². The Morgan fingerprint density at radius 2 is 1.67 bits per heavy atom. The number of amides is 2. The zero-order valence-electron chi connectivity index (χ0n) is 23.0. The Bertz CT molecular complexity index is 1530. The van der Waals surface area contributed by atoms with Gasteiger partial charge in [-0.2, -0.15) is 8.78 Å². The summed E-state index contributed by atoms with van der Waals surface area (Å²) >= 11 is 12.9. The zero-order valence-corrected chi connectivity index (χ0v) is 24.5. The molecule has 3 aromatic rings. The van der Waals surface area contributed by atoms with Crippen LogP contribution in [0.4, 0.5) is 8.78 Å². The highest BCUT2D eigenvalue weighted by Crippen LogP contribution is 2.47. The number of alkyl halides is 2. The van der Waals surface area contributed by atoms with Gasteiger partial charge in [0.2, 0.25) is 5.91 Å². The average molecular weight is 632 g/mol. The first-order valence-corrected chi connectivity index (χ1v) is 14.8. The van der Waals surface area contributed by atoms with E-state index < -0.39 is 41.6 Å². The van der Waals surface area contributed by atoms with E-state index in [0.717, 1.165) is 25.0 Å². The summed E-state index contributed by atoms with van der Waals surface area (Å²) in [5, 5.41) is 23.4. The van der Waals surface area contributed by atoms with Crippen LogP contribution in [0.2, 0.25) is 10.0 Å². The number of aliphatic hydroxyl groups is 1. The maximum Gasteiger partial charge on any atom is 0.379 e. The molecule has 5 rings (SSSR count). The predicted octanol–water partition coefficient (Wildman–Crippen LogP) is 6.11. The van der Waals surface area contributed by atoms with Crippen molar-refractivity contribution >= 4 is 41.0 Å². The van der Waals surface area contributed by atoms with Crippen molar-refractivity contribution in [2.75, 3.05) is 6.54 Å². The maximum absolute atomic E-state index is 14.1. The lowest BCUT2D eigenvalue weighted by molar-refractivity contribution is -0.166. The standard InChI is InChI=1S/C32H30Cl2F2N2O5/c33-20-13-14-23(24(34)17-20)28-27(29(40)37-16-15-18-9-11-19(12-10-18)32(35,36)31(42)43)21-5-1-2-6-22(21)30(41)38(28)25-7-3-4-8-26(25)39/h1-2,5-6,9-14,17,25-28,39H,3-4,7-8,15-16H2,(H,37,40)(H,42,43)/t25-,26?,27+,28-/m0/s1. The maximum atomic E-state index is 14.1. The second-order valence-electron chi connectivity index (χ2n) is 10.9. The van der Waals surface area contributed by atoms with Gasteiger partial charge in [-0.3, -0.25) is 9.59 Å².